The maximum Gasteiger partial charge on any atom is 0.258 e. The van der Waals surface area contributed by atoms with Gasteiger partial charge in [0.2, 0.25) is 0 Å². The third-order valence-corrected chi connectivity index (χ3v) is 2.08. The van der Waals surface area contributed by atoms with E-state index < -0.39 is 5.60 Å². The Kier molecular flexibility index (Phi) is 4.69. The summed E-state index contributed by atoms with van der Waals surface area (Å²) in [4.78, 5) is 11.4. The number of nitriles is 1. The van der Waals surface area contributed by atoms with Crippen LogP contribution in [0.3, 0.4) is 0 Å². The van der Waals surface area contributed by atoms with E-state index in [1.165, 1.54) is 0 Å². The number of aliphatic hydroxyl groups is 1. The van der Waals surface area contributed by atoms with Crippen LogP contribution in [0.2, 0.25) is 0 Å². The lowest BCUT2D eigenvalue weighted by Gasteiger charge is -2.17. The molecule has 0 saturated carbocycles. The van der Waals surface area contributed by atoms with Crippen LogP contribution in [0.25, 0.3) is 0 Å². The number of nitrogens with one attached hydrogen (secondary N) is 1. The first kappa shape index (κ1) is 14.0. The number of nitrogens with zero attached hydrogens (tertiary/aromatic N) is 1. The summed E-state index contributed by atoms with van der Waals surface area (Å²) in [5, 5.41) is 20.8. The van der Waals surface area contributed by atoms with Crippen molar-refractivity contribution in [1.82, 2.24) is 5.32 Å². The average molecular weight is 248 g/mol. The van der Waals surface area contributed by atoms with E-state index in [0.29, 0.717) is 11.3 Å². The largest absolute Gasteiger partial charge is 0.482 e. The van der Waals surface area contributed by atoms with Gasteiger partial charge in [-0.3, -0.25) is 4.79 Å². The van der Waals surface area contributed by atoms with Crippen LogP contribution in [0.5, 0.6) is 5.75 Å². The third-order valence-electron chi connectivity index (χ3n) is 2.08. The number of hydrogen-bond donors (Lipinski definition) is 2. The molecule has 0 fully saturated rings. The Balaban J connectivity index is 2.46. The number of carbonyl (C=O) groups is 1. The molecule has 18 heavy (non-hydrogen) atoms. The van der Waals surface area contributed by atoms with Gasteiger partial charge in [-0.05, 0) is 26.0 Å². The second-order valence-electron chi connectivity index (χ2n) is 4.49. The Hall–Kier alpha value is -2.06. The maximum atomic E-state index is 11.4. The summed E-state index contributed by atoms with van der Waals surface area (Å²) in [6.45, 7) is 3.15. The van der Waals surface area contributed by atoms with Crippen molar-refractivity contribution in [2.75, 3.05) is 13.2 Å². The molecule has 96 valence electrons. The van der Waals surface area contributed by atoms with Crippen molar-refractivity contribution in [3.63, 3.8) is 0 Å². The molecule has 1 amide bonds. The van der Waals surface area contributed by atoms with Crippen LogP contribution in [0.1, 0.15) is 19.4 Å². The van der Waals surface area contributed by atoms with E-state index >= 15 is 0 Å². The smallest absolute Gasteiger partial charge is 0.258 e. The molecule has 1 aromatic carbocycles. The molecular formula is C13H16N2O3. The molecule has 1 aromatic rings. The first-order valence-electron chi connectivity index (χ1n) is 5.53. The fourth-order valence-electron chi connectivity index (χ4n) is 1.19. The monoisotopic (exact) mass is 248 g/mol. The summed E-state index contributed by atoms with van der Waals surface area (Å²) in [6, 6.07) is 8.67. The molecule has 5 heteroatoms. The lowest BCUT2D eigenvalue weighted by Crippen LogP contribution is -2.40. The minimum atomic E-state index is -0.958. The molecule has 0 aliphatic rings. The minimum Gasteiger partial charge on any atom is -0.482 e. The molecule has 0 aliphatic heterocycles. The highest BCUT2D eigenvalue weighted by Crippen LogP contribution is 2.16. The van der Waals surface area contributed by atoms with Crippen LogP contribution >= 0.6 is 0 Å². The Bertz CT molecular complexity index is 458. The predicted molar refractivity (Wildman–Crippen MR) is 66.0 cm³/mol. The van der Waals surface area contributed by atoms with Crippen LogP contribution in [-0.4, -0.2) is 29.8 Å². The highest BCUT2D eigenvalue weighted by atomic mass is 16.5. The summed E-state index contributed by atoms with van der Waals surface area (Å²) in [6.07, 6.45) is 0. The van der Waals surface area contributed by atoms with Gasteiger partial charge in [0.25, 0.3) is 5.91 Å². The van der Waals surface area contributed by atoms with E-state index in [1.807, 2.05) is 6.07 Å². The first-order chi connectivity index (χ1) is 8.42. The Labute approximate surface area is 106 Å². The van der Waals surface area contributed by atoms with Gasteiger partial charge >= 0.3 is 0 Å². The fraction of sp³-hybridized carbons (Fsp3) is 0.385. The van der Waals surface area contributed by atoms with Gasteiger partial charge in [-0.15, -0.1) is 0 Å². The number of para-hydroxylation sites is 1. The molecule has 0 aliphatic carbocycles. The summed E-state index contributed by atoms with van der Waals surface area (Å²) in [5.41, 5.74) is -0.576. The van der Waals surface area contributed by atoms with Gasteiger partial charge in [-0.25, -0.2) is 0 Å². The van der Waals surface area contributed by atoms with Gasteiger partial charge in [0.05, 0.1) is 11.2 Å². The molecular weight excluding hydrogens is 232 g/mol. The van der Waals surface area contributed by atoms with Crippen molar-refractivity contribution in [2.24, 2.45) is 0 Å². The van der Waals surface area contributed by atoms with E-state index in [9.17, 15) is 9.90 Å². The minimum absolute atomic E-state index is 0.148. The van der Waals surface area contributed by atoms with Crippen LogP contribution in [-0.2, 0) is 4.79 Å². The van der Waals surface area contributed by atoms with Crippen molar-refractivity contribution in [2.45, 2.75) is 19.4 Å². The summed E-state index contributed by atoms with van der Waals surface area (Å²) < 4.78 is 5.24. The molecule has 1 rings (SSSR count). The van der Waals surface area contributed by atoms with Gasteiger partial charge in [-0.1, -0.05) is 12.1 Å². The lowest BCUT2D eigenvalue weighted by atomic mass is 10.1. The summed E-state index contributed by atoms with van der Waals surface area (Å²) in [7, 11) is 0. The van der Waals surface area contributed by atoms with E-state index in [2.05, 4.69) is 5.32 Å². The van der Waals surface area contributed by atoms with Crippen molar-refractivity contribution < 1.29 is 14.6 Å². The number of carbonyl (C=O) groups excluding carboxylic acids is 1. The van der Waals surface area contributed by atoms with Gasteiger partial charge < -0.3 is 15.2 Å². The molecule has 0 spiro atoms. The lowest BCUT2D eigenvalue weighted by molar-refractivity contribution is -0.124. The van der Waals surface area contributed by atoms with Gasteiger partial charge in [0.15, 0.2) is 6.61 Å². The second kappa shape index (κ2) is 6.03. The number of benzene rings is 1. The van der Waals surface area contributed by atoms with Gasteiger partial charge in [-0.2, -0.15) is 5.26 Å². The maximum absolute atomic E-state index is 11.4. The first-order valence-corrected chi connectivity index (χ1v) is 5.53. The van der Waals surface area contributed by atoms with Gasteiger partial charge in [0.1, 0.15) is 11.8 Å². The van der Waals surface area contributed by atoms with E-state index in [1.54, 1.807) is 38.1 Å². The molecule has 0 radical (unpaired) electrons. The fourth-order valence-corrected chi connectivity index (χ4v) is 1.19. The summed E-state index contributed by atoms with van der Waals surface area (Å²) >= 11 is 0. The highest BCUT2D eigenvalue weighted by molar-refractivity contribution is 5.77. The quantitative estimate of drug-likeness (QED) is 0.808. The summed E-state index contributed by atoms with van der Waals surface area (Å²) in [5.74, 6) is 0.0308. The predicted octanol–water partition coefficient (Wildman–Crippen LogP) is 0.824. The Morgan fingerprint density at radius 2 is 2.17 bits per heavy atom. The number of rotatable bonds is 5. The van der Waals surface area contributed by atoms with Crippen LogP contribution in [0, 0.1) is 11.3 Å². The standard InChI is InChI=1S/C13H16N2O3/c1-13(2,17)9-15-12(16)8-18-11-6-4-3-5-10(11)7-14/h3-6,17H,8-9H2,1-2H3,(H,15,16). The van der Waals surface area contributed by atoms with Crippen LogP contribution < -0.4 is 10.1 Å². The van der Waals surface area contributed by atoms with E-state index in [-0.39, 0.29) is 19.1 Å². The molecule has 2 N–H and O–H groups in total. The van der Waals surface area contributed by atoms with Gasteiger partial charge in [0, 0.05) is 6.54 Å². The zero-order chi connectivity index (χ0) is 13.6. The molecule has 0 heterocycles. The van der Waals surface area contributed by atoms with Crippen molar-refractivity contribution >= 4 is 5.91 Å². The number of amides is 1. The SMILES string of the molecule is CC(C)(O)CNC(=O)COc1ccccc1C#N. The van der Waals surface area contributed by atoms with Crippen molar-refractivity contribution in [3.8, 4) is 11.8 Å². The molecule has 0 unspecified atom stereocenters. The molecule has 0 atom stereocenters. The van der Waals surface area contributed by atoms with Crippen LogP contribution in [0.15, 0.2) is 24.3 Å². The molecule has 0 aromatic heterocycles. The topological polar surface area (TPSA) is 82.3 Å². The zero-order valence-corrected chi connectivity index (χ0v) is 10.4. The molecule has 5 nitrogen and oxygen atoms in total. The molecule has 0 bridgehead atoms. The third kappa shape index (κ3) is 4.85. The van der Waals surface area contributed by atoms with Crippen LogP contribution in [0.4, 0.5) is 0 Å². The Morgan fingerprint density at radius 1 is 1.50 bits per heavy atom. The van der Waals surface area contributed by atoms with Crippen molar-refractivity contribution in [3.05, 3.63) is 29.8 Å². The highest BCUT2D eigenvalue weighted by Gasteiger charge is 2.14. The average Bonchev–Trinajstić information content (AvgIpc) is 2.33. The number of hydrogen-bond acceptors (Lipinski definition) is 4. The van der Waals surface area contributed by atoms with Crippen molar-refractivity contribution in [1.29, 1.82) is 5.26 Å². The zero-order valence-electron chi connectivity index (χ0n) is 10.4. The normalized spacial score (nSPS) is 10.6. The second-order valence-corrected chi connectivity index (χ2v) is 4.49. The number of ether oxygens (including phenoxy) is 1. The van der Waals surface area contributed by atoms with E-state index in [4.69, 9.17) is 10.00 Å². The Morgan fingerprint density at radius 3 is 2.78 bits per heavy atom. The molecule has 0 saturated heterocycles. The van der Waals surface area contributed by atoms with E-state index in [0.717, 1.165) is 0 Å².